The number of halogens is 1. The molecule has 10 heteroatoms. The van der Waals surface area contributed by atoms with Gasteiger partial charge in [0.1, 0.15) is 11.9 Å². The molecule has 5 rings (SSSR count). The van der Waals surface area contributed by atoms with E-state index in [4.69, 9.17) is 14.5 Å². The maximum Gasteiger partial charge on any atom is 0.325 e. The van der Waals surface area contributed by atoms with Gasteiger partial charge in [0.25, 0.3) is 0 Å². The monoisotopic (exact) mass is 711 g/mol. The molecule has 0 aliphatic carbocycles. The molecule has 2 fully saturated rings. The molecule has 1 aromatic heterocycles. The summed E-state index contributed by atoms with van der Waals surface area (Å²) in [5.74, 6) is 0.686. The van der Waals surface area contributed by atoms with Crippen molar-refractivity contribution in [3.63, 3.8) is 0 Å². The van der Waals surface area contributed by atoms with Crippen molar-refractivity contribution in [3.8, 4) is 0 Å². The number of hydrogen-bond donors (Lipinski definition) is 2. The van der Waals surface area contributed by atoms with Crippen LogP contribution >= 0.6 is 41.1 Å². The van der Waals surface area contributed by atoms with E-state index in [2.05, 4.69) is 63.4 Å². The second-order valence-corrected chi connectivity index (χ2v) is 15.9. The highest BCUT2D eigenvalue weighted by Gasteiger charge is 2.40. The fourth-order valence-electron chi connectivity index (χ4n) is 6.40. The van der Waals surface area contributed by atoms with E-state index in [1.807, 2.05) is 18.2 Å². The first-order valence-corrected chi connectivity index (χ1v) is 17.3. The van der Waals surface area contributed by atoms with E-state index in [-0.39, 0.29) is 11.0 Å². The number of aromatic nitrogens is 1. The van der Waals surface area contributed by atoms with Crippen molar-refractivity contribution in [2.45, 2.75) is 81.4 Å². The molecule has 2 aromatic rings. The Balaban J connectivity index is 1.17. The zero-order chi connectivity index (χ0) is 28.8. The summed E-state index contributed by atoms with van der Waals surface area (Å²) in [6.45, 7) is 4.46. The van der Waals surface area contributed by atoms with E-state index in [1.54, 1.807) is 0 Å². The number of anilines is 1. The fourth-order valence-corrected chi connectivity index (χ4v) is 7.87. The smallest absolute Gasteiger partial charge is 0.325 e. The number of nitrogens with zero attached hydrogens (tertiary/aromatic N) is 2. The standard InChI is InChI=1S/C31H44IN3O4P2/c32-24-8-6-22(20-39-26-11-16-38-17-12-26)27(18-24)28(30(36)37)35-15-10-23(19-35)31(40,41)13-2-1-5-25-9-7-21-4-3-14-33-29(21)34-25/h6-9,18,23,26,28H,1-5,10-17,19-20,40-41H2,(H,33,34)(H,36,37)/t23?,28-/m0/s1. The third-order valence-electron chi connectivity index (χ3n) is 8.87. The Morgan fingerprint density at radius 3 is 2.85 bits per heavy atom. The van der Waals surface area contributed by atoms with Crippen LogP contribution in [-0.4, -0.2) is 64.8 Å². The van der Waals surface area contributed by atoms with Gasteiger partial charge in [-0.3, -0.25) is 9.69 Å². The quantitative estimate of drug-likeness (QED) is 0.158. The van der Waals surface area contributed by atoms with Crippen molar-refractivity contribution >= 4 is 52.9 Å². The van der Waals surface area contributed by atoms with Crippen LogP contribution in [0.4, 0.5) is 5.82 Å². The molecule has 0 saturated carbocycles. The summed E-state index contributed by atoms with van der Waals surface area (Å²) in [5.41, 5.74) is 4.34. The summed E-state index contributed by atoms with van der Waals surface area (Å²) < 4.78 is 12.7. The van der Waals surface area contributed by atoms with Crippen molar-refractivity contribution in [1.82, 2.24) is 9.88 Å². The predicted octanol–water partition coefficient (Wildman–Crippen LogP) is 6.05. The summed E-state index contributed by atoms with van der Waals surface area (Å²) in [6.07, 6.45) is 9.51. The zero-order valence-electron chi connectivity index (χ0n) is 23.8. The number of pyridine rings is 1. The Labute approximate surface area is 262 Å². The van der Waals surface area contributed by atoms with Crippen LogP contribution in [0.15, 0.2) is 30.3 Å². The average molecular weight is 712 g/mol. The number of carboxylic acids is 1. The molecular formula is C31H44IN3O4P2. The number of likely N-dealkylation sites (tertiary alicyclic amines) is 1. The topological polar surface area (TPSA) is 83.9 Å². The number of fused-ring (bicyclic) bond motifs is 1. The second kappa shape index (κ2) is 14.7. The normalized spacial score (nSPS) is 20.9. The van der Waals surface area contributed by atoms with Crippen molar-refractivity contribution < 1.29 is 19.4 Å². The molecule has 2 saturated heterocycles. The molecule has 4 atom stereocenters. The molecule has 3 aliphatic rings. The lowest BCUT2D eigenvalue weighted by atomic mass is 9.97. The van der Waals surface area contributed by atoms with Crippen LogP contribution in [0, 0.1) is 9.49 Å². The molecule has 4 heterocycles. The van der Waals surface area contributed by atoms with E-state index >= 15 is 0 Å². The van der Waals surface area contributed by atoms with Gasteiger partial charge in [-0.2, -0.15) is 0 Å². The molecule has 0 bridgehead atoms. The molecule has 0 spiro atoms. The van der Waals surface area contributed by atoms with Crippen LogP contribution in [0.2, 0.25) is 0 Å². The van der Waals surface area contributed by atoms with E-state index in [9.17, 15) is 9.90 Å². The Morgan fingerprint density at radius 1 is 1.22 bits per heavy atom. The van der Waals surface area contributed by atoms with Gasteiger partial charge in [-0.15, -0.1) is 18.5 Å². The largest absolute Gasteiger partial charge is 0.480 e. The van der Waals surface area contributed by atoms with Crippen molar-refractivity contribution in [1.29, 1.82) is 0 Å². The molecule has 224 valence electrons. The number of ether oxygens (including phenoxy) is 2. The Kier molecular flexibility index (Phi) is 11.3. The van der Waals surface area contributed by atoms with Crippen molar-refractivity contribution in [3.05, 3.63) is 56.3 Å². The summed E-state index contributed by atoms with van der Waals surface area (Å²) in [7, 11) is 6.19. The molecule has 2 N–H and O–H groups in total. The van der Waals surface area contributed by atoms with E-state index < -0.39 is 12.0 Å². The van der Waals surface area contributed by atoms with Crippen LogP contribution in [0.1, 0.15) is 73.4 Å². The number of hydrogen-bond acceptors (Lipinski definition) is 6. The molecule has 0 radical (unpaired) electrons. The number of carboxylic acid groups (broad SMARTS) is 1. The number of aryl methyl sites for hydroxylation is 2. The van der Waals surface area contributed by atoms with Gasteiger partial charge in [0, 0.05) is 40.5 Å². The number of unbranched alkanes of at least 4 members (excludes halogenated alkanes) is 1. The van der Waals surface area contributed by atoms with Gasteiger partial charge in [0.05, 0.1) is 12.7 Å². The van der Waals surface area contributed by atoms with E-state index in [0.29, 0.717) is 12.5 Å². The van der Waals surface area contributed by atoms with Crippen molar-refractivity contribution in [2.24, 2.45) is 5.92 Å². The van der Waals surface area contributed by atoms with Gasteiger partial charge in [0.15, 0.2) is 0 Å². The zero-order valence-corrected chi connectivity index (χ0v) is 28.3. The number of rotatable bonds is 12. The van der Waals surface area contributed by atoms with Crippen LogP contribution in [-0.2, 0) is 33.7 Å². The summed E-state index contributed by atoms with van der Waals surface area (Å²) in [4.78, 5) is 19.7. The van der Waals surface area contributed by atoms with Gasteiger partial charge in [-0.25, -0.2) is 4.98 Å². The summed E-state index contributed by atoms with van der Waals surface area (Å²) in [5, 5.41) is 13.9. The third kappa shape index (κ3) is 8.39. The van der Waals surface area contributed by atoms with E-state index in [1.165, 1.54) is 17.7 Å². The molecule has 1 aromatic carbocycles. The highest BCUT2D eigenvalue weighted by Crippen LogP contribution is 2.46. The van der Waals surface area contributed by atoms with Gasteiger partial charge >= 0.3 is 5.97 Å². The Bertz CT molecular complexity index is 1190. The Morgan fingerprint density at radius 2 is 2.05 bits per heavy atom. The molecule has 41 heavy (non-hydrogen) atoms. The third-order valence-corrected chi connectivity index (χ3v) is 11.1. The SMILES string of the molecule is O=C(O)[C@H](c1cc(I)ccc1COC1CCOCC1)N1CCC(C(P)(P)CCCCc2ccc3c(n2)NCCC3)C1. The second-order valence-electron chi connectivity index (χ2n) is 11.8. The minimum absolute atomic E-state index is 0.0112. The summed E-state index contributed by atoms with van der Waals surface area (Å²) >= 11 is 2.28. The number of nitrogens with one attached hydrogen (secondary N) is 1. The van der Waals surface area contributed by atoms with Crippen LogP contribution in [0.5, 0.6) is 0 Å². The highest BCUT2D eigenvalue weighted by molar-refractivity contribution is 14.1. The first-order valence-electron chi connectivity index (χ1n) is 15.0. The number of carbonyl (C=O) groups is 1. The van der Waals surface area contributed by atoms with Crippen LogP contribution in [0.3, 0.4) is 0 Å². The lowest BCUT2D eigenvalue weighted by molar-refractivity contribution is -0.143. The minimum Gasteiger partial charge on any atom is -0.480 e. The molecule has 7 nitrogen and oxygen atoms in total. The van der Waals surface area contributed by atoms with Gasteiger partial charge < -0.3 is 19.9 Å². The first kappa shape index (κ1) is 31.5. The summed E-state index contributed by atoms with van der Waals surface area (Å²) in [6, 6.07) is 9.89. The number of aliphatic carboxylic acids is 1. The predicted molar refractivity (Wildman–Crippen MR) is 179 cm³/mol. The maximum absolute atomic E-state index is 12.7. The Hall–Kier alpha value is -0.890. The van der Waals surface area contributed by atoms with Gasteiger partial charge in [-0.05, 0) is 121 Å². The van der Waals surface area contributed by atoms with Crippen LogP contribution < -0.4 is 5.32 Å². The minimum atomic E-state index is -0.787. The van der Waals surface area contributed by atoms with E-state index in [0.717, 1.165) is 105 Å². The molecule has 3 unspecified atom stereocenters. The molecule has 0 amide bonds. The molecule has 3 aliphatic heterocycles. The average Bonchev–Trinajstić information content (AvgIpc) is 3.46. The number of benzene rings is 1. The fraction of sp³-hybridized carbons (Fsp3) is 0.613. The van der Waals surface area contributed by atoms with Gasteiger partial charge in [0.2, 0.25) is 0 Å². The van der Waals surface area contributed by atoms with Crippen molar-refractivity contribution in [2.75, 3.05) is 38.2 Å². The van der Waals surface area contributed by atoms with Crippen LogP contribution in [0.25, 0.3) is 0 Å². The lowest BCUT2D eigenvalue weighted by Gasteiger charge is -2.33. The highest BCUT2D eigenvalue weighted by atomic mass is 127. The molecular weight excluding hydrogens is 667 g/mol. The lowest BCUT2D eigenvalue weighted by Crippen LogP contribution is -2.35. The maximum atomic E-state index is 12.7. The first-order chi connectivity index (χ1) is 19.8. The van der Waals surface area contributed by atoms with Gasteiger partial charge in [-0.1, -0.05) is 18.6 Å².